The number of carbonyl (C=O) groups excluding carboxylic acids is 3. The van der Waals surface area contributed by atoms with Crippen LogP contribution in [0.15, 0.2) is 78.9 Å². The fourth-order valence-corrected chi connectivity index (χ4v) is 3.24. The SMILES string of the molecule is NC(=O)c1ccc(NC(=O)COC(=O)c2cc(-c3ccc(F)cc3)nc3ccccc23)cc1. The first kappa shape index (κ1) is 21.6. The summed E-state index contributed by atoms with van der Waals surface area (Å²) in [6.07, 6.45) is 0. The second kappa shape index (κ2) is 9.27. The summed E-state index contributed by atoms with van der Waals surface area (Å²) in [6.45, 7) is -0.515. The molecule has 4 rings (SSSR count). The number of hydrogen-bond donors (Lipinski definition) is 2. The molecule has 164 valence electrons. The maximum absolute atomic E-state index is 13.3. The van der Waals surface area contributed by atoms with Crippen molar-refractivity contribution in [1.82, 2.24) is 4.98 Å². The van der Waals surface area contributed by atoms with E-state index in [1.807, 2.05) is 0 Å². The number of primary amides is 1. The molecule has 0 spiro atoms. The predicted octanol–water partition coefficient (Wildman–Crippen LogP) is 3.94. The zero-order valence-corrected chi connectivity index (χ0v) is 17.2. The first-order valence-corrected chi connectivity index (χ1v) is 9.93. The second-order valence-corrected chi connectivity index (χ2v) is 7.15. The molecule has 1 heterocycles. The molecular formula is C25H18FN3O4. The van der Waals surface area contributed by atoms with Crippen molar-refractivity contribution < 1.29 is 23.5 Å². The highest BCUT2D eigenvalue weighted by molar-refractivity contribution is 6.05. The normalized spacial score (nSPS) is 10.6. The van der Waals surface area contributed by atoms with Crippen LogP contribution in [0.25, 0.3) is 22.2 Å². The molecule has 33 heavy (non-hydrogen) atoms. The van der Waals surface area contributed by atoms with Gasteiger partial charge in [0.25, 0.3) is 5.91 Å². The van der Waals surface area contributed by atoms with E-state index in [0.717, 1.165) is 0 Å². The number of rotatable bonds is 6. The Morgan fingerprint density at radius 1 is 0.939 bits per heavy atom. The van der Waals surface area contributed by atoms with Gasteiger partial charge in [-0.25, -0.2) is 14.2 Å². The molecule has 3 aromatic carbocycles. The van der Waals surface area contributed by atoms with E-state index >= 15 is 0 Å². The third-order valence-corrected chi connectivity index (χ3v) is 4.86. The quantitative estimate of drug-likeness (QED) is 0.439. The molecule has 8 heteroatoms. The lowest BCUT2D eigenvalue weighted by Gasteiger charge is -2.11. The van der Waals surface area contributed by atoms with Crippen LogP contribution < -0.4 is 11.1 Å². The summed E-state index contributed by atoms with van der Waals surface area (Å²) >= 11 is 0. The van der Waals surface area contributed by atoms with Crippen LogP contribution in [0.1, 0.15) is 20.7 Å². The van der Waals surface area contributed by atoms with E-state index in [4.69, 9.17) is 10.5 Å². The van der Waals surface area contributed by atoms with Crippen LogP contribution >= 0.6 is 0 Å². The highest BCUT2D eigenvalue weighted by Crippen LogP contribution is 2.25. The van der Waals surface area contributed by atoms with Gasteiger partial charge in [0.05, 0.1) is 16.8 Å². The second-order valence-electron chi connectivity index (χ2n) is 7.15. The molecule has 2 amide bonds. The van der Waals surface area contributed by atoms with Crippen molar-refractivity contribution in [3.63, 3.8) is 0 Å². The van der Waals surface area contributed by atoms with Crippen molar-refractivity contribution >= 4 is 34.4 Å². The van der Waals surface area contributed by atoms with Gasteiger partial charge in [0.1, 0.15) is 5.82 Å². The molecule has 0 fully saturated rings. The number of amides is 2. The number of fused-ring (bicyclic) bond motifs is 1. The molecule has 7 nitrogen and oxygen atoms in total. The lowest BCUT2D eigenvalue weighted by atomic mass is 10.0. The van der Waals surface area contributed by atoms with Crippen LogP contribution in [0, 0.1) is 5.82 Å². The summed E-state index contributed by atoms with van der Waals surface area (Å²) in [4.78, 5) is 40.7. The first-order valence-electron chi connectivity index (χ1n) is 9.93. The molecule has 0 atom stereocenters. The molecular weight excluding hydrogens is 425 g/mol. The summed E-state index contributed by atoms with van der Waals surface area (Å²) in [5.74, 6) is -2.20. The smallest absolute Gasteiger partial charge is 0.339 e. The highest BCUT2D eigenvalue weighted by atomic mass is 19.1. The van der Waals surface area contributed by atoms with Gasteiger partial charge in [-0.1, -0.05) is 18.2 Å². The molecule has 0 aliphatic heterocycles. The molecule has 0 aliphatic rings. The maximum Gasteiger partial charge on any atom is 0.339 e. The van der Waals surface area contributed by atoms with Gasteiger partial charge >= 0.3 is 5.97 Å². The zero-order chi connectivity index (χ0) is 23.4. The average molecular weight is 443 g/mol. The Labute approximate surface area is 188 Å². The molecule has 0 saturated heterocycles. The summed E-state index contributed by atoms with van der Waals surface area (Å²) in [5, 5.41) is 3.14. The lowest BCUT2D eigenvalue weighted by Crippen LogP contribution is -2.21. The lowest BCUT2D eigenvalue weighted by molar-refractivity contribution is -0.119. The minimum Gasteiger partial charge on any atom is -0.452 e. The number of aromatic nitrogens is 1. The topological polar surface area (TPSA) is 111 Å². The molecule has 1 aromatic heterocycles. The Balaban J connectivity index is 1.51. The fraction of sp³-hybridized carbons (Fsp3) is 0.0400. The minimum atomic E-state index is -0.698. The summed E-state index contributed by atoms with van der Waals surface area (Å²) in [5.41, 5.74) is 7.82. The van der Waals surface area contributed by atoms with E-state index in [-0.39, 0.29) is 11.4 Å². The number of anilines is 1. The van der Waals surface area contributed by atoms with Gasteiger partial charge in [-0.15, -0.1) is 0 Å². The highest BCUT2D eigenvalue weighted by Gasteiger charge is 2.17. The Morgan fingerprint density at radius 3 is 2.33 bits per heavy atom. The van der Waals surface area contributed by atoms with E-state index in [1.54, 1.807) is 42.5 Å². The van der Waals surface area contributed by atoms with Crippen molar-refractivity contribution in [2.75, 3.05) is 11.9 Å². The first-order chi connectivity index (χ1) is 15.9. The molecule has 0 saturated carbocycles. The number of pyridine rings is 1. The molecule has 3 N–H and O–H groups in total. The van der Waals surface area contributed by atoms with Crippen molar-refractivity contribution in [2.24, 2.45) is 5.73 Å². The molecule has 4 aromatic rings. The summed E-state index contributed by atoms with van der Waals surface area (Å²) in [6, 6.07) is 20.3. The van der Waals surface area contributed by atoms with Gasteiger partial charge in [-0.05, 0) is 60.7 Å². The Morgan fingerprint density at radius 2 is 1.64 bits per heavy atom. The van der Waals surface area contributed by atoms with Gasteiger partial charge in [0.2, 0.25) is 5.91 Å². The van der Waals surface area contributed by atoms with Gasteiger partial charge < -0.3 is 15.8 Å². The number of nitrogens with one attached hydrogen (secondary N) is 1. The van der Waals surface area contributed by atoms with Crippen LogP contribution in [0.4, 0.5) is 10.1 Å². The van der Waals surface area contributed by atoms with E-state index in [9.17, 15) is 18.8 Å². The number of hydrogen-bond acceptors (Lipinski definition) is 5. The van der Waals surface area contributed by atoms with Gasteiger partial charge in [-0.3, -0.25) is 9.59 Å². The van der Waals surface area contributed by atoms with Crippen molar-refractivity contribution in [2.45, 2.75) is 0 Å². The number of para-hydroxylation sites is 1. The van der Waals surface area contributed by atoms with E-state index in [0.29, 0.717) is 33.4 Å². The largest absolute Gasteiger partial charge is 0.452 e. The molecule has 0 unspecified atom stereocenters. The third kappa shape index (κ3) is 5.01. The number of esters is 1. The van der Waals surface area contributed by atoms with E-state index in [1.165, 1.54) is 36.4 Å². The molecule has 0 aliphatic carbocycles. The maximum atomic E-state index is 13.3. The number of halogens is 1. The monoisotopic (exact) mass is 443 g/mol. The summed E-state index contributed by atoms with van der Waals surface area (Å²) in [7, 11) is 0. The van der Waals surface area contributed by atoms with E-state index in [2.05, 4.69) is 10.3 Å². The van der Waals surface area contributed by atoms with Gasteiger partial charge in [0, 0.05) is 22.2 Å². The number of nitrogens with two attached hydrogens (primary N) is 1. The number of benzene rings is 3. The van der Waals surface area contributed by atoms with Crippen molar-refractivity contribution in [3.05, 3.63) is 95.8 Å². The predicted molar refractivity (Wildman–Crippen MR) is 121 cm³/mol. The fourth-order valence-electron chi connectivity index (χ4n) is 3.24. The summed E-state index contributed by atoms with van der Waals surface area (Å²) < 4.78 is 18.5. The standard InChI is InChI=1S/C25H18FN3O4/c26-17-9-5-15(6-10-17)22-13-20(19-3-1-2-4-21(19)29-22)25(32)33-14-23(30)28-18-11-7-16(8-12-18)24(27)31/h1-13H,14H2,(H2,27,31)(H,28,30). The number of ether oxygens (including phenoxy) is 1. The average Bonchev–Trinajstić information content (AvgIpc) is 2.82. The van der Waals surface area contributed by atoms with Crippen molar-refractivity contribution in [3.8, 4) is 11.3 Å². The molecule has 0 radical (unpaired) electrons. The van der Waals surface area contributed by atoms with Crippen LogP contribution in [0.3, 0.4) is 0 Å². The number of nitrogens with zero attached hydrogens (tertiary/aromatic N) is 1. The van der Waals surface area contributed by atoms with Crippen LogP contribution in [0.2, 0.25) is 0 Å². The Hall–Kier alpha value is -4.59. The van der Waals surface area contributed by atoms with E-state index < -0.39 is 24.4 Å². The Kier molecular flexibility index (Phi) is 6.08. The zero-order valence-electron chi connectivity index (χ0n) is 17.2. The van der Waals surface area contributed by atoms with Crippen LogP contribution in [0.5, 0.6) is 0 Å². The van der Waals surface area contributed by atoms with Crippen LogP contribution in [-0.2, 0) is 9.53 Å². The number of carbonyl (C=O) groups is 3. The van der Waals surface area contributed by atoms with Gasteiger partial charge in [-0.2, -0.15) is 0 Å². The minimum absolute atomic E-state index is 0.235. The molecule has 0 bridgehead atoms. The van der Waals surface area contributed by atoms with Crippen LogP contribution in [-0.4, -0.2) is 29.4 Å². The third-order valence-electron chi connectivity index (χ3n) is 4.86. The Bertz CT molecular complexity index is 1350. The van der Waals surface area contributed by atoms with Crippen molar-refractivity contribution in [1.29, 1.82) is 0 Å². The van der Waals surface area contributed by atoms with Gasteiger partial charge in [0.15, 0.2) is 6.61 Å².